The lowest BCUT2D eigenvalue weighted by Crippen LogP contribution is -2.44. The summed E-state index contributed by atoms with van der Waals surface area (Å²) < 4.78 is 20.5. The lowest BCUT2D eigenvalue weighted by atomic mass is 10.1. The van der Waals surface area contributed by atoms with Gasteiger partial charge in [-0.3, -0.25) is 4.79 Å². The van der Waals surface area contributed by atoms with Gasteiger partial charge in [-0.1, -0.05) is 13.8 Å². The average Bonchev–Trinajstić information content (AvgIpc) is 2.58. The number of esters is 1. The monoisotopic (exact) mass is 339 g/mol. The second-order valence-electron chi connectivity index (χ2n) is 5.55. The van der Waals surface area contributed by atoms with Crippen LogP contribution in [0.25, 0.3) is 0 Å². The Labute approximate surface area is 142 Å². The number of hydrogen-bond acceptors (Lipinski definition) is 6. The summed E-state index contributed by atoms with van der Waals surface area (Å²) in [4.78, 5) is 24.2. The molecule has 0 aliphatic carbocycles. The Morgan fingerprint density at radius 1 is 1.04 bits per heavy atom. The van der Waals surface area contributed by atoms with Crippen molar-refractivity contribution in [1.29, 1.82) is 0 Å². The fourth-order valence-electron chi connectivity index (χ4n) is 1.95. The molecule has 1 aromatic carbocycles. The highest BCUT2D eigenvalue weighted by molar-refractivity contribution is 5.97. The molecule has 1 rings (SSSR count). The van der Waals surface area contributed by atoms with Crippen molar-refractivity contribution < 1.29 is 28.5 Å². The van der Waals surface area contributed by atoms with Gasteiger partial charge in [0.1, 0.15) is 0 Å². The number of rotatable bonds is 9. The second kappa shape index (κ2) is 9.77. The molecule has 1 aromatic rings. The van der Waals surface area contributed by atoms with Crippen molar-refractivity contribution in [2.75, 3.05) is 34.5 Å². The Morgan fingerprint density at radius 3 is 2.25 bits per heavy atom. The molecule has 0 aliphatic rings. The minimum Gasteiger partial charge on any atom is -0.493 e. The van der Waals surface area contributed by atoms with Gasteiger partial charge in [0.15, 0.2) is 17.5 Å². The Balaban J connectivity index is 2.81. The predicted octanol–water partition coefficient (Wildman–Crippen LogP) is 1.65. The van der Waals surface area contributed by atoms with Crippen LogP contribution in [0, 0.1) is 5.92 Å². The third-order valence-corrected chi connectivity index (χ3v) is 3.17. The molecule has 7 nitrogen and oxygen atoms in total. The third-order valence-electron chi connectivity index (χ3n) is 3.17. The van der Waals surface area contributed by atoms with Crippen molar-refractivity contribution in [2.45, 2.75) is 19.9 Å². The van der Waals surface area contributed by atoms with Gasteiger partial charge in [-0.15, -0.1) is 0 Å². The Hall–Kier alpha value is -2.28. The quantitative estimate of drug-likeness (QED) is 0.689. The summed E-state index contributed by atoms with van der Waals surface area (Å²) in [6.07, 6.45) is 0. The van der Waals surface area contributed by atoms with Gasteiger partial charge >= 0.3 is 5.97 Å². The average molecular weight is 339 g/mol. The van der Waals surface area contributed by atoms with E-state index in [1.165, 1.54) is 27.4 Å². The molecule has 0 aliphatic heterocycles. The van der Waals surface area contributed by atoms with Gasteiger partial charge in [0.05, 0.1) is 27.9 Å². The van der Waals surface area contributed by atoms with Crippen LogP contribution in [0.2, 0.25) is 0 Å². The molecule has 0 saturated heterocycles. The maximum Gasteiger partial charge on any atom is 0.330 e. The second-order valence-corrected chi connectivity index (χ2v) is 5.55. The molecular weight excluding hydrogens is 314 g/mol. The van der Waals surface area contributed by atoms with E-state index in [0.717, 1.165) is 0 Å². The molecule has 24 heavy (non-hydrogen) atoms. The summed E-state index contributed by atoms with van der Waals surface area (Å²) in [7, 11) is 4.26. The van der Waals surface area contributed by atoms with E-state index in [4.69, 9.17) is 18.9 Å². The van der Waals surface area contributed by atoms with Crippen molar-refractivity contribution in [1.82, 2.24) is 5.32 Å². The highest BCUT2D eigenvalue weighted by Crippen LogP contribution is 2.27. The molecule has 0 heterocycles. The van der Waals surface area contributed by atoms with Crippen LogP contribution < -0.4 is 14.8 Å². The maximum atomic E-state index is 12.4. The molecule has 134 valence electrons. The summed E-state index contributed by atoms with van der Waals surface area (Å²) in [5.41, 5.74) is 0.338. The minimum atomic E-state index is -0.880. The third kappa shape index (κ3) is 5.73. The van der Waals surface area contributed by atoms with E-state index in [1.807, 2.05) is 13.8 Å². The van der Waals surface area contributed by atoms with Gasteiger partial charge in [-0.05, 0) is 24.1 Å². The summed E-state index contributed by atoms with van der Waals surface area (Å²) in [5.74, 6) is 0.270. The number of ether oxygens (including phenoxy) is 4. The Morgan fingerprint density at radius 2 is 1.71 bits per heavy atom. The van der Waals surface area contributed by atoms with Crippen LogP contribution >= 0.6 is 0 Å². The molecule has 0 unspecified atom stereocenters. The van der Waals surface area contributed by atoms with E-state index < -0.39 is 17.9 Å². The molecular formula is C17H25NO6. The van der Waals surface area contributed by atoms with Crippen LogP contribution in [0.15, 0.2) is 18.2 Å². The van der Waals surface area contributed by atoms with Gasteiger partial charge < -0.3 is 24.3 Å². The van der Waals surface area contributed by atoms with Crippen LogP contribution in [0.5, 0.6) is 11.5 Å². The van der Waals surface area contributed by atoms with Crippen molar-refractivity contribution in [3.05, 3.63) is 23.8 Å². The number of amides is 1. The van der Waals surface area contributed by atoms with Gasteiger partial charge in [0, 0.05) is 12.2 Å². The maximum absolute atomic E-state index is 12.4. The van der Waals surface area contributed by atoms with E-state index in [0.29, 0.717) is 29.6 Å². The van der Waals surface area contributed by atoms with Crippen LogP contribution in [0.1, 0.15) is 24.2 Å². The lowest BCUT2D eigenvalue weighted by molar-refractivity contribution is -0.144. The lowest BCUT2D eigenvalue weighted by Gasteiger charge is -2.18. The normalized spacial score (nSPS) is 11.8. The van der Waals surface area contributed by atoms with E-state index >= 15 is 0 Å². The SMILES string of the molecule is COC(=O)[C@H](COCC(C)C)NC(=O)c1ccc(OC)c(OC)c1. The predicted molar refractivity (Wildman–Crippen MR) is 88.5 cm³/mol. The van der Waals surface area contributed by atoms with Gasteiger partial charge in [0.2, 0.25) is 0 Å². The number of carbonyl (C=O) groups excluding carboxylic acids is 2. The summed E-state index contributed by atoms with van der Waals surface area (Å²) in [6, 6.07) is 3.86. The number of nitrogens with one attached hydrogen (secondary N) is 1. The Bertz CT molecular complexity index is 558. The van der Waals surface area contributed by atoms with Gasteiger partial charge in [-0.25, -0.2) is 4.79 Å². The van der Waals surface area contributed by atoms with E-state index in [-0.39, 0.29) is 6.61 Å². The van der Waals surface area contributed by atoms with E-state index in [9.17, 15) is 9.59 Å². The first-order valence-electron chi connectivity index (χ1n) is 7.61. The molecule has 0 fully saturated rings. The first kappa shape index (κ1) is 19.8. The number of carbonyl (C=O) groups is 2. The number of methoxy groups -OCH3 is 3. The van der Waals surface area contributed by atoms with Crippen LogP contribution in [-0.2, 0) is 14.3 Å². The van der Waals surface area contributed by atoms with Crippen molar-refractivity contribution in [2.24, 2.45) is 5.92 Å². The molecule has 0 bridgehead atoms. The molecule has 1 amide bonds. The molecule has 0 saturated carbocycles. The first-order valence-corrected chi connectivity index (χ1v) is 7.61. The highest BCUT2D eigenvalue weighted by atomic mass is 16.5. The van der Waals surface area contributed by atoms with Crippen LogP contribution in [0.4, 0.5) is 0 Å². The van der Waals surface area contributed by atoms with Crippen molar-refractivity contribution in [3.63, 3.8) is 0 Å². The summed E-state index contributed by atoms with van der Waals surface area (Å²) >= 11 is 0. The Kier molecular flexibility index (Phi) is 8.05. The number of benzene rings is 1. The van der Waals surface area contributed by atoms with Crippen molar-refractivity contribution in [3.8, 4) is 11.5 Å². The smallest absolute Gasteiger partial charge is 0.330 e. The zero-order valence-corrected chi connectivity index (χ0v) is 14.8. The van der Waals surface area contributed by atoms with E-state index in [1.54, 1.807) is 12.1 Å². The van der Waals surface area contributed by atoms with Gasteiger partial charge in [0.25, 0.3) is 5.91 Å². The topological polar surface area (TPSA) is 83.1 Å². The van der Waals surface area contributed by atoms with Gasteiger partial charge in [-0.2, -0.15) is 0 Å². The fourth-order valence-corrected chi connectivity index (χ4v) is 1.95. The molecule has 7 heteroatoms. The summed E-state index contributed by atoms with van der Waals surface area (Å²) in [5, 5.41) is 2.61. The minimum absolute atomic E-state index is 0.0455. The highest BCUT2D eigenvalue weighted by Gasteiger charge is 2.23. The fraction of sp³-hybridized carbons (Fsp3) is 0.529. The van der Waals surface area contributed by atoms with Crippen LogP contribution in [-0.4, -0.2) is 52.5 Å². The standard InChI is InChI=1S/C17H25NO6/c1-11(2)9-24-10-13(17(20)23-5)18-16(19)12-6-7-14(21-3)15(8-12)22-4/h6-8,11,13H,9-10H2,1-5H3,(H,18,19)/t13-/m0/s1. The zero-order valence-electron chi connectivity index (χ0n) is 14.8. The number of hydrogen-bond donors (Lipinski definition) is 1. The first-order chi connectivity index (χ1) is 11.4. The molecule has 1 N–H and O–H groups in total. The molecule has 0 radical (unpaired) electrons. The van der Waals surface area contributed by atoms with E-state index in [2.05, 4.69) is 5.32 Å². The van der Waals surface area contributed by atoms with Crippen molar-refractivity contribution >= 4 is 11.9 Å². The molecule has 0 spiro atoms. The summed E-state index contributed by atoms with van der Waals surface area (Å²) in [6.45, 7) is 4.52. The zero-order chi connectivity index (χ0) is 18.1. The molecule has 0 aromatic heterocycles. The molecule has 1 atom stereocenters. The van der Waals surface area contributed by atoms with Crippen LogP contribution in [0.3, 0.4) is 0 Å². The largest absolute Gasteiger partial charge is 0.493 e.